The van der Waals surface area contributed by atoms with E-state index in [0.29, 0.717) is 24.2 Å². The Bertz CT molecular complexity index is 1190. The van der Waals surface area contributed by atoms with Gasteiger partial charge < -0.3 is 10.2 Å². The van der Waals surface area contributed by atoms with Gasteiger partial charge in [-0.3, -0.25) is 9.98 Å². The van der Waals surface area contributed by atoms with Crippen LogP contribution in [0.15, 0.2) is 70.6 Å². The third kappa shape index (κ3) is 6.42. The van der Waals surface area contributed by atoms with Crippen LogP contribution in [0.2, 0.25) is 0 Å². The number of aromatic hydroxyl groups is 2. The van der Waals surface area contributed by atoms with Crippen molar-refractivity contribution in [3.05, 3.63) is 81.5 Å². The maximum Gasteiger partial charge on any atom is 0.124 e. The average Bonchev–Trinajstić information content (AvgIpc) is 3.41. The minimum absolute atomic E-state index is 0. The Morgan fingerprint density at radius 1 is 0.667 bits per heavy atom. The van der Waals surface area contributed by atoms with Crippen LogP contribution in [0.1, 0.15) is 20.9 Å². The smallest absolute Gasteiger partial charge is 0.124 e. The number of benzene rings is 2. The molecule has 1 radical (unpaired) electrons. The normalized spacial score (nSPS) is 11.3. The van der Waals surface area contributed by atoms with Crippen molar-refractivity contribution in [1.82, 2.24) is 0 Å². The number of rotatable bonds is 7. The van der Waals surface area contributed by atoms with Crippen molar-refractivity contribution in [1.29, 1.82) is 0 Å². The fourth-order valence-corrected chi connectivity index (χ4v) is 4.97. The van der Waals surface area contributed by atoms with Crippen LogP contribution in [0.3, 0.4) is 0 Å². The molecule has 2 aromatic heterocycles. The summed E-state index contributed by atoms with van der Waals surface area (Å²) in [5.41, 5.74) is 3.51. The van der Waals surface area contributed by atoms with Gasteiger partial charge in [-0.05, 0) is 85.6 Å². The summed E-state index contributed by atoms with van der Waals surface area (Å²) in [6.07, 6.45) is 3.37. The summed E-state index contributed by atoms with van der Waals surface area (Å²) in [6, 6.07) is 19.5. The monoisotopic (exact) mass is 519 g/mol. The molecule has 7 heteroatoms. The second-order valence-corrected chi connectivity index (χ2v) is 10.0. The largest absolute Gasteiger partial charge is 0.507 e. The number of phenolic OH excluding ortho intramolecular Hbond substituents is 2. The molecule has 0 aliphatic rings. The maximum absolute atomic E-state index is 10.1. The van der Waals surface area contributed by atoms with Gasteiger partial charge >= 0.3 is 0 Å². The number of hydrogen-bond donors (Lipinski definition) is 2. The standard InChI is InChI=1S/C26H24N2O2S2.Co/c1-17-3-9-25(31-17)19-5-7-23(29)21(13-19)15-27-11-12-28-16-22-14-20(6-8-24(22)30)26-10-4-18(2)32-26;/h3-10,13-16,29-30H,11-12H2,1-2H3;. The van der Waals surface area contributed by atoms with Gasteiger partial charge in [0.15, 0.2) is 0 Å². The van der Waals surface area contributed by atoms with E-state index in [1.807, 2.05) is 24.3 Å². The number of hydrogen-bond acceptors (Lipinski definition) is 6. The molecule has 0 aliphatic carbocycles. The first-order valence-corrected chi connectivity index (χ1v) is 11.9. The first-order chi connectivity index (χ1) is 15.5. The van der Waals surface area contributed by atoms with Crippen molar-refractivity contribution in [2.45, 2.75) is 13.8 Å². The summed E-state index contributed by atoms with van der Waals surface area (Å²) < 4.78 is 0. The van der Waals surface area contributed by atoms with Crippen LogP contribution < -0.4 is 0 Å². The Kier molecular flexibility index (Phi) is 8.63. The molecule has 0 unspecified atom stereocenters. The van der Waals surface area contributed by atoms with Crippen molar-refractivity contribution < 1.29 is 27.0 Å². The molecule has 0 fully saturated rings. The zero-order chi connectivity index (χ0) is 22.5. The van der Waals surface area contributed by atoms with Gasteiger partial charge in [-0.2, -0.15) is 0 Å². The minimum Gasteiger partial charge on any atom is -0.507 e. The molecular formula is C26H24CoN2O2S2. The third-order valence-electron chi connectivity index (χ3n) is 4.92. The van der Waals surface area contributed by atoms with E-state index >= 15 is 0 Å². The maximum atomic E-state index is 10.1. The quantitative estimate of drug-likeness (QED) is 0.211. The van der Waals surface area contributed by atoms with E-state index in [1.54, 1.807) is 47.2 Å². The van der Waals surface area contributed by atoms with Gasteiger partial charge in [0.2, 0.25) is 0 Å². The van der Waals surface area contributed by atoms with E-state index in [0.717, 1.165) is 11.1 Å². The van der Waals surface area contributed by atoms with Crippen LogP contribution in [0.25, 0.3) is 20.9 Å². The molecule has 4 rings (SSSR count). The Labute approximate surface area is 212 Å². The predicted octanol–water partition coefficient (Wildman–Crippen LogP) is 6.71. The average molecular weight is 520 g/mol. The summed E-state index contributed by atoms with van der Waals surface area (Å²) in [5.74, 6) is 0.416. The molecule has 0 saturated carbocycles. The topological polar surface area (TPSA) is 65.2 Å². The van der Waals surface area contributed by atoms with E-state index < -0.39 is 0 Å². The molecule has 2 heterocycles. The van der Waals surface area contributed by atoms with E-state index in [9.17, 15) is 10.2 Å². The van der Waals surface area contributed by atoms with E-state index in [-0.39, 0.29) is 28.3 Å². The molecule has 0 atom stereocenters. The van der Waals surface area contributed by atoms with Crippen molar-refractivity contribution >= 4 is 35.1 Å². The molecule has 0 amide bonds. The number of aryl methyl sites for hydroxylation is 2. The Morgan fingerprint density at radius 3 is 1.45 bits per heavy atom. The zero-order valence-electron chi connectivity index (χ0n) is 18.3. The molecule has 2 aromatic carbocycles. The SMILES string of the molecule is Cc1ccc(-c2ccc(O)c(C=NCCN=Cc3cc(-c4ccc(C)s4)ccc3O)c2)s1.[Co]. The van der Waals surface area contributed by atoms with E-state index in [4.69, 9.17) is 0 Å². The molecule has 0 saturated heterocycles. The first kappa shape index (κ1) is 24.9. The molecular weight excluding hydrogens is 495 g/mol. The third-order valence-corrected chi connectivity index (χ3v) is 7.02. The van der Waals surface area contributed by atoms with Crippen LogP contribution in [0, 0.1) is 13.8 Å². The fraction of sp³-hybridized carbons (Fsp3) is 0.154. The molecule has 0 spiro atoms. The van der Waals surface area contributed by atoms with Gasteiger partial charge in [0.05, 0.1) is 13.1 Å². The summed E-state index contributed by atoms with van der Waals surface area (Å²) in [6.45, 7) is 5.14. The van der Waals surface area contributed by atoms with Crippen LogP contribution in [-0.2, 0) is 16.8 Å². The van der Waals surface area contributed by atoms with Crippen LogP contribution in [-0.4, -0.2) is 35.7 Å². The van der Waals surface area contributed by atoms with Crippen LogP contribution >= 0.6 is 22.7 Å². The number of nitrogens with zero attached hydrogens (tertiary/aromatic N) is 2. The summed E-state index contributed by atoms with van der Waals surface area (Å²) >= 11 is 3.45. The van der Waals surface area contributed by atoms with Gasteiger partial charge in [-0.15, -0.1) is 22.7 Å². The molecule has 2 N–H and O–H groups in total. The summed E-state index contributed by atoms with van der Waals surface area (Å²) in [7, 11) is 0. The van der Waals surface area contributed by atoms with Gasteiger partial charge in [0.1, 0.15) is 11.5 Å². The molecule has 0 aliphatic heterocycles. The minimum atomic E-state index is 0. The second kappa shape index (κ2) is 11.4. The van der Waals surface area contributed by atoms with Gasteiger partial charge in [0.25, 0.3) is 0 Å². The Hall–Kier alpha value is -2.71. The van der Waals surface area contributed by atoms with Gasteiger partial charge in [0, 0.05) is 59.8 Å². The van der Waals surface area contributed by atoms with Crippen molar-refractivity contribution in [3.63, 3.8) is 0 Å². The zero-order valence-corrected chi connectivity index (χ0v) is 21.0. The first-order valence-electron chi connectivity index (χ1n) is 10.3. The summed E-state index contributed by atoms with van der Waals surface area (Å²) in [4.78, 5) is 13.7. The van der Waals surface area contributed by atoms with Crippen molar-refractivity contribution in [2.75, 3.05) is 13.1 Å². The number of phenols is 2. The molecule has 33 heavy (non-hydrogen) atoms. The molecule has 0 bridgehead atoms. The van der Waals surface area contributed by atoms with Crippen LogP contribution in [0.5, 0.6) is 11.5 Å². The van der Waals surface area contributed by atoms with E-state index in [1.165, 1.54) is 19.5 Å². The molecule has 171 valence electrons. The van der Waals surface area contributed by atoms with E-state index in [2.05, 4.69) is 48.1 Å². The molecule has 4 nitrogen and oxygen atoms in total. The number of aliphatic imine (C=N–C) groups is 2. The Morgan fingerprint density at radius 2 is 1.09 bits per heavy atom. The number of thiophene rings is 2. The van der Waals surface area contributed by atoms with Crippen molar-refractivity contribution in [3.8, 4) is 32.4 Å². The predicted molar refractivity (Wildman–Crippen MR) is 137 cm³/mol. The Balaban J connectivity index is 0.00000306. The van der Waals surface area contributed by atoms with Crippen LogP contribution in [0.4, 0.5) is 0 Å². The van der Waals surface area contributed by atoms with Gasteiger partial charge in [-0.25, -0.2) is 0 Å². The molecule has 4 aromatic rings. The summed E-state index contributed by atoms with van der Waals surface area (Å²) in [5, 5.41) is 20.3. The fourth-order valence-electron chi connectivity index (χ4n) is 3.24. The second-order valence-electron chi connectivity index (χ2n) is 7.44. The van der Waals surface area contributed by atoms with Gasteiger partial charge in [-0.1, -0.05) is 0 Å². The van der Waals surface area contributed by atoms with Crippen molar-refractivity contribution in [2.24, 2.45) is 9.98 Å².